The predicted octanol–water partition coefficient (Wildman–Crippen LogP) is 0.274. The molecule has 1 saturated heterocycles. The van der Waals surface area contributed by atoms with Crippen molar-refractivity contribution >= 4 is 12.0 Å². The summed E-state index contributed by atoms with van der Waals surface area (Å²) in [5.41, 5.74) is 0.291. The summed E-state index contributed by atoms with van der Waals surface area (Å²) in [6.45, 7) is 3.11. The quantitative estimate of drug-likeness (QED) is 0.622. The summed E-state index contributed by atoms with van der Waals surface area (Å²) in [6, 6.07) is -1.49. The first-order valence-corrected chi connectivity index (χ1v) is 6.85. The van der Waals surface area contributed by atoms with Crippen molar-refractivity contribution in [3.63, 3.8) is 0 Å². The van der Waals surface area contributed by atoms with Gasteiger partial charge in [-0.3, -0.25) is 0 Å². The number of aliphatic carboxylic acids is 1. The van der Waals surface area contributed by atoms with Crippen molar-refractivity contribution in [2.45, 2.75) is 37.8 Å². The van der Waals surface area contributed by atoms with Crippen LogP contribution >= 0.6 is 0 Å². The Bertz CT molecular complexity index is 482. The lowest BCUT2D eigenvalue weighted by molar-refractivity contribution is -0.139. The summed E-state index contributed by atoms with van der Waals surface area (Å²) in [5, 5.41) is 14.5. The second-order valence-corrected chi connectivity index (χ2v) is 5.44. The fourth-order valence-corrected chi connectivity index (χ4v) is 2.23. The zero-order valence-corrected chi connectivity index (χ0v) is 11.9. The monoisotopic (exact) mass is 296 g/mol. The molecule has 116 valence electrons. The van der Waals surface area contributed by atoms with Crippen molar-refractivity contribution < 1.29 is 19.4 Å². The minimum atomic E-state index is -1.09. The van der Waals surface area contributed by atoms with E-state index >= 15 is 0 Å². The van der Waals surface area contributed by atoms with Crippen LogP contribution in [0.1, 0.15) is 25.5 Å². The van der Waals surface area contributed by atoms with Gasteiger partial charge in [-0.05, 0) is 19.8 Å². The maximum absolute atomic E-state index is 12.0. The molecule has 0 saturated carbocycles. The summed E-state index contributed by atoms with van der Waals surface area (Å²) in [7, 11) is 0. The molecule has 0 bridgehead atoms. The minimum Gasteiger partial charge on any atom is -0.480 e. The molecule has 2 amide bonds. The Hall–Kier alpha value is -2.09. The number of aromatic nitrogens is 2. The van der Waals surface area contributed by atoms with Gasteiger partial charge in [-0.25, -0.2) is 14.6 Å². The third kappa shape index (κ3) is 4.45. The fourth-order valence-electron chi connectivity index (χ4n) is 2.23. The van der Waals surface area contributed by atoms with Crippen LogP contribution in [-0.4, -0.2) is 51.9 Å². The highest BCUT2D eigenvalue weighted by Gasteiger charge is 2.30. The highest BCUT2D eigenvalue weighted by molar-refractivity contribution is 5.83. The predicted molar refractivity (Wildman–Crippen MR) is 73.8 cm³/mol. The summed E-state index contributed by atoms with van der Waals surface area (Å²) < 4.78 is 5.26. The number of imidazole rings is 1. The maximum atomic E-state index is 12.0. The van der Waals surface area contributed by atoms with E-state index < -0.39 is 18.0 Å². The number of aromatic amines is 1. The van der Waals surface area contributed by atoms with Gasteiger partial charge in [0.15, 0.2) is 0 Å². The molecule has 1 fully saturated rings. The third-order valence-corrected chi connectivity index (χ3v) is 3.59. The van der Waals surface area contributed by atoms with E-state index in [0.717, 1.165) is 0 Å². The molecule has 4 N–H and O–H groups in total. The molecule has 1 aromatic heterocycles. The molecule has 2 heterocycles. The molecular formula is C13H20N4O4. The second kappa shape index (κ2) is 6.57. The lowest BCUT2D eigenvalue weighted by atomic mass is 9.93. The highest BCUT2D eigenvalue weighted by atomic mass is 16.5. The lowest BCUT2D eigenvalue weighted by Crippen LogP contribution is -2.56. The Balaban J connectivity index is 1.90. The van der Waals surface area contributed by atoms with Crippen molar-refractivity contribution in [3.05, 3.63) is 18.2 Å². The number of carbonyl (C=O) groups is 2. The van der Waals surface area contributed by atoms with Crippen LogP contribution in [-0.2, 0) is 16.0 Å². The molecule has 1 aliphatic heterocycles. The summed E-state index contributed by atoms with van der Waals surface area (Å²) >= 11 is 0. The van der Waals surface area contributed by atoms with Crippen molar-refractivity contribution in [1.29, 1.82) is 0 Å². The molecule has 0 radical (unpaired) electrons. The number of hydrogen-bond donors (Lipinski definition) is 4. The van der Waals surface area contributed by atoms with Gasteiger partial charge in [-0.2, -0.15) is 0 Å². The minimum absolute atomic E-state index is 0.155. The van der Waals surface area contributed by atoms with Crippen LogP contribution in [0.5, 0.6) is 0 Å². The Morgan fingerprint density at radius 1 is 1.52 bits per heavy atom. The molecule has 8 nitrogen and oxygen atoms in total. The Morgan fingerprint density at radius 3 is 2.81 bits per heavy atom. The van der Waals surface area contributed by atoms with Crippen LogP contribution in [0, 0.1) is 0 Å². The molecule has 1 aromatic rings. The number of carboxylic acids is 1. The first-order chi connectivity index (χ1) is 9.98. The SMILES string of the molecule is CC1(NC(=O)N[C@H](Cc2cnc[nH]2)C(=O)O)CCOCC1. The first kappa shape index (κ1) is 15.3. The van der Waals surface area contributed by atoms with Gasteiger partial charge >= 0.3 is 12.0 Å². The van der Waals surface area contributed by atoms with E-state index in [1.165, 1.54) is 12.5 Å². The van der Waals surface area contributed by atoms with Gasteiger partial charge in [-0.15, -0.1) is 0 Å². The van der Waals surface area contributed by atoms with E-state index in [0.29, 0.717) is 31.7 Å². The molecule has 1 aliphatic rings. The number of hydrogen-bond acceptors (Lipinski definition) is 4. The van der Waals surface area contributed by atoms with Crippen LogP contribution < -0.4 is 10.6 Å². The van der Waals surface area contributed by atoms with Crippen LogP contribution in [0.2, 0.25) is 0 Å². The van der Waals surface area contributed by atoms with Crippen LogP contribution in [0.25, 0.3) is 0 Å². The first-order valence-electron chi connectivity index (χ1n) is 6.85. The molecule has 21 heavy (non-hydrogen) atoms. The number of nitrogens with one attached hydrogen (secondary N) is 3. The zero-order valence-electron chi connectivity index (χ0n) is 11.9. The summed E-state index contributed by atoms with van der Waals surface area (Å²) in [4.78, 5) is 29.9. The number of urea groups is 1. The van der Waals surface area contributed by atoms with Gasteiger partial charge in [0.25, 0.3) is 0 Å². The molecule has 8 heteroatoms. The largest absolute Gasteiger partial charge is 0.480 e. The van der Waals surface area contributed by atoms with E-state index in [1.54, 1.807) is 0 Å². The summed E-state index contributed by atoms with van der Waals surface area (Å²) in [5.74, 6) is -1.09. The molecule has 1 atom stereocenters. The smallest absolute Gasteiger partial charge is 0.326 e. The number of nitrogens with zero attached hydrogens (tertiary/aromatic N) is 1. The molecule has 2 rings (SSSR count). The Kier molecular flexibility index (Phi) is 4.79. The number of carboxylic acid groups (broad SMARTS) is 1. The van der Waals surface area contributed by atoms with Crippen LogP contribution in [0.15, 0.2) is 12.5 Å². The maximum Gasteiger partial charge on any atom is 0.326 e. The molecule has 0 aromatic carbocycles. The number of rotatable bonds is 5. The number of ether oxygens (including phenoxy) is 1. The third-order valence-electron chi connectivity index (χ3n) is 3.59. The summed E-state index contributed by atoms with van der Waals surface area (Å²) in [6.07, 6.45) is 4.58. The van der Waals surface area contributed by atoms with Crippen molar-refractivity contribution in [2.75, 3.05) is 13.2 Å². The van der Waals surface area contributed by atoms with Gasteiger partial charge < -0.3 is 25.5 Å². The average molecular weight is 296 g/mol. The van der Waals surface area contributed by atoms with E-state index in [9.17, 15) is 14.7 Å². The normalized spacial score (nSPS) is 18.7. The van der Waals surface area contributed by atoms with E-state index in [1.807, 2.05) is 6.92 Å². The zero-order chi connectivity index (χ0) is 15.3. The van der Waals surface area contributed by atoms with E-state index in [2.05, 4.69) is 20.6 Å². The topological polar surface area (TPSA) is 116 Å². The average Bonchev–Trinajstić information content (AvgIpc) is 2.91. The van der Waals surface area contributed by atoms with E-state index in [4.69, 9.17) is 4.74 Å². The lowest BCUT2D eigenvalue weighted by Gasteiger charge is -2.34. The molecule has 0 aliphatic carbocycles. The van der Waals surface area contributed by atoms with Gasteiger partial charge in [0.05, 0.1) is 6.33 Å². The molecule has 0 unspecified atom stereocenters. The van der Waals surface area contributed by atoms with Gasteiger partial charge in [0.1, 0.15) is 6.04 Å². The van der Waals surface area contributed by atoms with Crippen molar-refractivity contribution in [1.82, 2.24) is 20.6 Å². The van der Waals surface area contributed by atoms with Crippen LogP contribution in [0.3, 0.4) is 0 Å². The van der Waals surface area contributed by atoms with Gasteiger partial charge in [0.2, 0.25) is 0 Å². The van der Waals surface area contributed by atoms with Gasteiger partial charge in [0, 0.05) is 37.1 Å². The molecular weight excluding hydrogens is 276 g/mol. The van der Waals surface area contributed by atoms with Crippen molar-refractivity contribution in [3.8, 4) is 0 Å². The Labute approximate surface area is 122 Å². The number of H-pyrrole nitrogens is 1. The van der Waals surface area contributed by atoms with Gasteiger partial charge in [-0.1, -0.05) is 0 Å². The molecule has 0 spiro atoms. The Morgan fingerprint density at radius 2 is 2.24 bits per heavy atom. The fraction of sp³-hybridized carbons (Fsp3) is 0.615. The van der Waals surface area contributed by atoms with Crippen molar-refractivity contribution in [2.24, 2.45) is 0 Å². The number of amides is 2. The number of carbonyl (C=O) groups excluding carboxylic acids is 1. The highest BCUT2D eigenvalue weighted by Crippen LogP contribution is 2.19. The standard InChI is InChI=1S/C13H20N4O4/c1-13(2-4-21-5-3-13)17-12(20)16-10(11(18)19)6-9-7-14-8-15-9/h7-8,10H,2-6H2,1H3,(H,14,15)(H,18,19)(H2,16,17,20)/t10-/m1/s1. The van der Waals surface area contributed by atoms with E-state index in [-0.39, 0.29) is 12.0 Å². The second-order valence-electron chi connectivity index (χ2n) is 5.44. The van der Waals surface area contributed by atoms with Crippen LogP contribution in [0.4, 0.5) is 4.79 Å².